The fourth-order valence-corrected chi connectivity index (χ4v) is 3.75. The van der Waals surface area contributed by atoms with Gasteiger partial charge in [-0.25, -0.2) is 0 Å². The van der Waals surface area contributed by atoms with Crippen LogP contribution in [0.15, 0.2) is 42.5 Å². The fraction of sp³-hybridized carbons (Fsp3) is 0.435. The molecule has 0 bridgehead atoms. The minimum atomic E-state index is -0.147. The van der Waals surface area contributed by atoms with Crippen molar-refractivity contribution in [3.63, 3.8) is 0 Å². The maximum Gasteiger partial charge on any atom is 0.251 e. The van der Waals surface area contributed by atoms with Crippen LogP contribution in [-0.4, -0.2) is 25.6 Å². The largest absolute Gasteiger partial charge is 0.492 e. The molecule has 1 aliphatic rings. The SMILES string of the molecule is CCOc1ccc(C(=O)N[C@@H](C)c2ccc(N3CCC(C)CC3)cc2)cc1Cl. The Kier molecular flexibility index (Phi) is 6.84. The Hall–Kier alpha value is -2.20. The summed E-state index contributed by atoms with van der Waals surface area (Å²) >= 11 is 6.20. The second-order valence-corrected chi connectivity index (χ2v) is 7.94. The van der Waals surface area contributed by atoms with Crippen molar-refractivity contribution in [3.8, 4) is 5.75 Å². The maximum absolute atomic E-state index is 12.6. The molecule has 1 heterocycles. The molecule has 1 saturated heterocycles. The smallest absolute Gasteiger partial charge is 0.251 e. The van der Waals surface area contributed by atoms with E-state index in [1.165, 1.54) is 18.5 Å². The van der Waals surface area contributed by atoms with Crippen LogP contribution in [0.2, 0.25) is 5.02 Å². The van der Waals surface area contributed by atoms with Crippen LogP contribution in [0.4, 0.5) is 5.69 Å². The highest BCUT2D eigenvalue weighted by Gasteiger charge is 2.17. The van der Waals surface area contributed by atoms with Gasteiger partial charge in [-0.1, -0.05) is 30.7 Å². The second kappa shape index (κ2) is 9.33. The van der Waals surface area contributed by atoms with Crippen molar-refractivity contribution >= 4 is 23.2 Å². The second-order valence-electron chi connectivity index (χ2n) is 7.53. The number of piperidine rings is 1. The quantitative estimate of drug-likeness (QED) is 0.699. The van der Waals surface area contributed by atoms with Crippen LogP contribution in [0.3, 0.4) is 0 Å². The van der Waals surface area contributed by atoms with E-state index < -0.39 is 0 Å². The summed E-state index contributed by atoms with van der Waals surface area (Å²) in [5.41, 5.74) is 2.87. The molecule has 0 spiro atoms. The van der Waals surface area contributed by atoms with E-state index in [-0.39, 0.29) is 11.9 Å². The van der Waals surface area contributed by atoms with Crippen molar-refractivity contribution in [2.75, 3.05) is 24.6 Å². The lowest BCUT2D eigenvalue weighted by molar-refractivity contribution is 0.0940. The summed E-state index contributed by atoms with van der Waals surface area (Å²) < 4.78 is 5.42. The van der Waals surface area contributed by atoms with Gasteiger partial charge in [0.2, 0.25) is 0 Å². The first-order valence-corrected chi connectivity index (χ1v) is 10.4. The summed E-state index contributed by atoms with van der Waals surface area (Å²) in [6.45, 7) is 8.98. The van der Waals surface area contributed by atoms with E-state index in [0.717, 1.165) is 24.6 Å². The molecular weight excluding hydrogens is 372 g/mol. The fourth-order valence-electron chi connectivity index (χ4n) is 3.52. The van der Waals surface area contributed by atoms with Crippen molar-refractivity contribution in [1.82, 2.24) is 5.32 Å². The molecule has 4 nitrogen and oxygen atoms in total. The van der Waals surface area contributed by atoms with Crippen LogP contribution >= 0.6 is 11.6 Å². The molecule has 2 aromatic carbocycles. The third kappa shape index (κ3) is 4.99. The highest BCUT2D eigenvalue weighted by molar-refractivity contribution is 6.32. The number of carbonyl (C=O) groups is 1. The van der Waals surface area contributed by atoms with Crippen LogP contribution in [0.5, 0.6) is 5.75 Å². The number of halogens is 1. The summed E-state index contributed by atoms with van der Waals surface area (Å²) in [7, 11) is 0. The van der Waals surface area contributed by atoms with Gasteiger partial charge >= 0.3 is 0 Å². The molecule has 0 radical (unpaired) electrons. The molecule has 5 heteroatoms. The summed E-state index contributed by atoms with van der Waals surface area (Å²) in [6, 6.07) is 13.5. The molecule has 28 heavy (non-hydrogen) atoms. The van der Waals surface area contributed by atoms with Gasteiger partial charge in [-0.15, -0.1) is 0 Å². The van der Waals surface area contributed by atoms with E-state index >= 15 is 0 Å². The summed E-state index contributed by atoms with van der Waals surface area (Å²) in [5.74, 6) is 1.27. The first kappa shape index (κ1) is 20.5. The first-order chi connectivity index (χ1) is 13.5. The molecular formula is C23H29ClN2O2. The summed E-state index contributed by atoms with van der Waals surface area (Å²) in [5, 5.41) is 3.49. The number of hydrogen-bond donors (Lipinski definition) is 1. The topological polar surface area (TPSA) is 41.6 Å². The highest BCUT2D eigenvalue weighted by atomic mass is 35.5. The van der Waals surface area contributed by atoms with Gasteiger partial charge in [0.05, 0.1) is 17.7 Å². The molecule has 0 unspecified atom stereocenters. The lowest BCUT2D eigenvalue weighted by Gasteiger charge is -2.32. The first-order valence-electron chi connectivity index (χ1n) is 10.1. The average Bonchev–Trinajstić information content (AvgIpc) is 2.70. The zero-order valence-corrected chi connectivity index (χ0v) is 17.6. The van der Waals surface area contributed by atoms with Crippen molar-refractivity contribution in [2.45, 2.75) is 39.7 Å². The molecule has 1 aliphatic heterocycles. The Balaban J connectivity index is 1.61. The van der Waals surface area contributed by atoms with Crippen LogP contribution in [0.25, 0.3) is 0 Å². The van der Waals surface area contributed by atoms with Gasteiger partial charge in [-0.05, 0) is 68.5 Å². The van der Waals surface area contributed by atoms with E-state index in [1.54, 1.807) is 18.2 Å². The van der Waals surface area contributed by atoms with Gasteiger partial charge in [0.25, 0.3) is 5.91 Å². The minimum Gasteiger partial charge on any atom is -0.492 e. The Morgan fingerprint density at radius 1 is 1.21 bits per heavy atom. The molecule has 1 amide bonds. The van der Waals surface area contributed by atoms with Crippen molar-refractivity contribution in [3.05, 3.63) is 58.6 Å². The van der Waals surface area contributed by atoms with E-state index in [0.29, 0.717) is 22.9 Å². The molecule has 0 saturated carbocycles. The van der Waals surface area contributed by atoms with E-state index in [4.69, 9.17) is 16.3 Å². The number of carbonyl (C=O) groups excluding carboxylic acids is 1. The van der Waals surface area contributed by atoms with Crippen molar-refractivity contribution in [2.24, 2.45) is 5.92 Å². The van der Waals surface area contributed by atoms with Gasteiger partial charge in [-0.2, -0.15) is 0 Å². The van der Waals surface area contributed by atoms with Crippen LogP contribution < -0.4 is 15.0 Å². The lowest BCUT2D eigenvalue weighted by atomic mass is 9.98. The lowest BCUT2D eigenvalue weighted by Crippen LogP contribution is -2.32. The van der Waals surface area contributed by atoms with Crippen LogP contribution in [-0.2, 0) is 0 Å². The molecule has 1 fully saturated rings. The molecule has 0 aliphatic carbocycles. The molecule has 0 aromatic heterocycles. The van der Waals surface area contributed by atoms with Crippen LogP contribution in [0.1, 0.15) is 55.6 Å². The predicted octanol–water partition coefficient (Wildman–Crippen LogP) is 5.47. The molecule has 150 valence electrons. The summed E-state index contributed by atoms with van der Waals surface area (Å²) in [4.78, 5) is 15.0. The van der Waals surface area contributed by atoms with Gasteiger partial charge in [-0.3, -0.25) is 4.79 Å². The maximum atomic E-state index is 12.6. The third-order valence-corrected chi connectivity index (χ3v) is 5.68. The Labute approximate surface area is 172 Å². The minimum absolute atomic E-state index is 0.0896. The Morgan fingerprint density at radius 2 is 1.89 bits per heavy atom. The number of nitrogens with zero attached hydrogens (tertiary/aromatic N) is 1. The molecule has 1 atom stereocenters. The molecule has 2 aromatic rings. The van der Waals surface area contributed by atoms with Gasteiger partial charge in [0.15, 0.2) is 0 Å². The number of amides is 1. The average molecular weight is 401 g/mol. The Bertz CT molecular complexity index is 799. The van der Waals surface area contributed by atoms with Gasteiger partial charge < -0.3 is 15.0 Å². The number of benzene rings is 2. The van der Waals surface area contributed by atoms with Gasteiger partial charge in [0, 0.05) is 24.3 Å². The van der Waals surface area contributed by atoms with Gasteiger partial charge in [0.1, 0.15) is 5.75 Å². The number of rotatable bonds is 6. The van der Waals surface area contributed by atoms with E-state index in [9.17, 15) is 4.79 Å². The van der Waals surface area contributed by atoms with Crippen molar-refractivity contribution < 1.29 is 9.53 Å². The normalized spacial score (nSPS) is 15.9. The Morgan fingerprint density at radius 3 is 2.50 bits per heavy atom. The summed E-state index contributed by atoms with van der Waals surface area (Å²) in [6.07, 6.45) is 2.50. The monoisotopic (exact) mass is 400 g/mol. The number of hydrogen-bond acceptors (Lipinski definition) is 3. The standard InChI is InChI=1S/C23H29ClN2O2/c1-4-28-22-10-7-19(15-21(22)24)23(27)25-17(3)18-5-8-20(9-6-18)26-13-11-16(2)12-14-26/h5-10,15-17H,4,11-14H2,1-3H3,(H,25,27)/t17-/m0/s1. The van der Waals surface area contributed by atoms with Crippen molar-refractivity contribution in [1.29, 1.82) is 0 Å². The predicted molar refractivity (Wildman–Crippen MR) is 116 cm³/mol. The van der Waals surface area contributed by atoms with E-state index in [1.807, 2.05) is 13.8 Å². The van der Waals surface area contributed by atoms with Crippen LogP contribution in [0, 0.1) is 5.92 Å². The number of anilines is 1. The molecule has 1 N–H and O–H groups in total. The number of nitrogens with one attached hydrogen (secondary N) is 1. The van der Waals surface area contributed by atoms with E-state index in [2.05, 4.69) is 41.4 Å². The zero-order chi connectivity index (χ0) is 20.1. The number of ether oxygens (including phenoxy) is 1. The zero-order valence-electron chi connectivity index (χ0n) is 16.9. The molecule has 3 rings (SSSR count). The highest BCUT2D eigenvalue weighted by Crippen LogP contribution is 2.27. The third-order valence-electron chi connectivity index (χ3n) is 5.38.